The number of amides is 2. The summed E-state index contributed by atoms with van der Waals surface area (Å²) >= 11 is 1.58. The highest BCUT2D eigenvalue weighted by atomic mass is 32.1. The van der Waals surface area contributed by atoms with Gasteiger partial charge in [0.2, 0.25) is 5.91 Å². The minimum Gasteiger partial charge on any atom is -0.497 e. The fraction of sp³-hybridized carbons (Fsp3) is 0.350. The number of benzene rings is 1. The fourth-order valence-electron chi connectivity index (χ4n) is 3.06. The van der Waals surface area contributed by atoms with Crippen LogP contribution in [0, 0.1) is 0 Å². The summed E-state index contributed by atoms with van der Waals surface area (Å²) in [4.78, 5) is 26.9. The van der Waals surface area contributed by atoms with Crippen LogP contribution in [0.1, 0.15) is 29.8 Å². The lowest BCUT2D eigenvalue weighted by Gasteiger charge is -2.25. The normalized spacial score (nSPS) is 15.9. The zero-order valence-corrected chi connectivity index (χ0v) is 17.2. The van der Waals surface area contributed by atoms with Crippen molar-refractivity contribution in [3.63, 3.8) is 0 Å². The highest BCUT2D eigenvalue weighted by Crippen LogP contribution is 2.39. The van der Waals surface area contributed by atoms with Crippen LogP contribution in [0.5, 0.6) is 11.5 Å². The van der Waals surface area contributed by atoms with Gasteiger partial charge in [0.1, 0.15) is 18.0 Å². The van der Waals surface area contributed by atoms with Crippen molar-refractivity contribution in [2.24, 2.45) is 5.10 Å². The van der Waals surface area contributed by atoms with Gasteiger partial charge in [-0.15, -0.1) is 11.3 Å². The van der Waals surface area contributed by atoms with Crippen molar-refractivity contribution in [2.75, 3.05) is 27.8 Å². The Morgan fingerprint density at radius 2 is 2.07 bits per heavy atom. The van der Waals surface area contributed by atoms with E-state index in [-0.39, 0.29) is 24.4 Å². The molecule has 0 saturated heterocycles. The van der Waals surface area contributed by atoms with Gasteiger partial charge >= 0.3 is 0 Å². The summed E-state index contributed by atoms with van der Waals surface area (Å²) in [5.74, 6) is 0.907. The Morgan fingerprint density at radius 1 is 1.29 bits per heavy atom. The van der Waals surface area contributed by atoms with Gasteiger partial charge in [-0.05, 0) is 29.6 Å². The first kappa shape index (κ1) is 19.9. The molecule has 2 aromatic rings. The number of rotatable bonds is 6. The van der Waals surface area contributed by atoms with E-state index in [9.17, 15) is 9.59 Å². The van der Waals surface area contributed by atoms with Gasteiger partial charge in [0, 0.05) is 26.0 Å². The van der Waals surface area contributed by atoms with E-state index in [2.05, 4.69) is 5.10 Å². The van der Waals surface area contributed by atoms with Crippen molar-refractivity contribution in [1.82, 2.24) is 9.91 Å². The average Bonchev–Trinajstić information content (AvgIpc) is 3.36. The highest BCUT2D eigenvalue weighted by molar-refractivity contribution is 7.12. The maximum absolute atomic E-state index is 13.0. The predicted octanol–water partition coefficient (Wildman–Crippen LogP) is 2.92. The van der Waals surface area contributed by atoms with Crippen LogP contribution in [0.4, 0.5) is 0 Å². The van der Waals surface area contributed by atoms with E-state index in [1.807, 2.05) is 35.7 Å². The summed E-state index contributed by atoms with van der Waals surface area (Å²) < 4.78 is 10.9. The van der Waals surface area contributed by atoms with E-state index in [0.29, 0.717) is 17.9 Å². The number of hydrazone groups is 1. The molecule has 1 aromatic heterocycles. The second-order valence-electron chi connectivity index (χ2n) is 6.47. The molecule has 148 valence electrons. The topological polar surface area (TPSA) is 71.4 Å². The maximum atomic E-state index is 13.0. The quantitative estimate of drug-likeness (QED) is 0.746. The van der Waals surface area contributed by atoms with Gasteiger partial charge in [-0.3, -0.25) is 9.59 Å². The molecular weight excluding hydrogens is 378 g/mol. The molecule has 3 rings (SSSR count). The largest absolute Gasteiger partial charge is 0.497 e. The summed E-state index contributed by atoms with van der Waals surface area (Å²) in [6.45, 7) is 1.39. The molecule has 0 aliphatic carbocycles. The van der Waals surface area contributed by atoms with Gasteiger partial charge in [-0.2, -0.15) is 5.10 Å². The zero-order chi connectivity index (χ0) is 20.3. The highest BCUT2D eigenvalue weighted by Gasteiger charge is 2.35. The van der Waals surface area contributed by atoms with Gasteiger partial charge in [-0.1, -0.05) is 6.07 Å². The standard InChI is InChI=1S/C20H23N3O4S/c1-13(24)22(2)12-20(25)23-17(11-16(21-23)19-6-5-9-28-19)15-10-14(26-3)7-8-18(15)27-4/h5-10,17H,11-12H2,1-4H3/t17-/m0/s1. The van der Waals surface area contributed by atoms with E-state index < -0.39 is 0 Å². The smallest absolute Gasteiger partial charge is 0.262 e. The second kappa shape index (κ2) is 8.43. The molecule has 2 heterocycles. The Morgan fingerprint density at radius 3 is 2.68 bits per heavy atom. The Hall–Kier alpha value is -2.87. The molecule has 1 aromatic carbocycles. The van der Waals surface area contributed by atoms with Gasteiger partial charge in [-0.25, -0.2) is 5.01 Å². The summed E-state index contributed by atoms with van der Waals surface area (Å²) in [6, 6.07) is 9.10. The third kappa shape index (κ3) is 4.01. The maximum Gasteiger partial charge on any atom is 0.262 e. The first-order valence-electron chi connectivity index (χ1n) is 8.81. The fourth-order valence-corrected chi connectivity index (χ4v) is 3.78. The van der Waals surface area contributed by atoms with E-state index >= 15 is 0 Å². The molecule has 1 aliphatic rings. The molecule has 8 heteroatoms. The van der Waals surface area contributed by atoms with Crippen molar-refractivity contribution in [3.05, 3.63) is 46.2 Å². The third-order valence-corrected chi connectivity index (χ3v) is 5.60. The molecule has 0 radical (unpaired) electrons. The van der Waals surface area contributed by atoms with Crippen LogP contribution in [-0.2, 0) is 9.59 Å². The Labute approximate surface area is 168 Å². The number of thiophene rings is 1. The Balaban J connectivity index is 1.99. The summed E-state index contributed by atoms with van der Waals surface area (Å²) in [6.07, 6.45) is 0.555. The molecule has 28 heavy (non-hydrogen) atoms. The third-order valence-electron chi connectivity index (χ3n) is 4.68. The summed E-state index contributed by atoms with van der Waals surface area (Å²) in [5, 5.41) is 8.05. The molecule has 1 aliphatic heterocycles. The summed E-state index contributed by atoms with van der Waals surface area (Å²) in [5.41, 5.74) is 1.65. The minimum absolute atomic E-state index is 0.0423. The Bertz CT molecular complexity index is 895. The van der Waals surface area contributed by atoms with Gasteiger partial charge in [0.25, 0.3) is 5.91 Å². The Kier molecular flexibility index (Phi) is 5.99. The molecule has 7 nitrogen and oxygen atoms in total. The van der Waals surface area contributed by atoms with Gasteiger partial charge in [0.15, 0.2) is 0 Å². The van der Waals surface area contributed by atoms with Crippen LogP contribution < -0.4 is 9.47 Å². The van der Waals surface area contributed by atoms with Crippen molar-refractivity contribution < 1.29 is 19.1 Å². The molecular formula is C20H23N3O4S. The first-order valence-corrected chi connectivity index (χ1v) is 9.69. The van der Waals surface area contributed by atoms with E-state index in [4.69, 9.17) is 9.47 Å². The molecule has 0 fully saturated rings. The van der Waals surface area contributed by atoms with Crippen molar-refractivity contribution in [3.8, 4) is 11.5 Å². The minimum atomic E-state index is -0.338. The molecule has 0 spiro atoms. The van der Waals surface area contributed by atoms with Crippen molar-refractivity contribution in [2.45, 2.75) is 19.4 Å². The molecule has 1 atom stereocenters. The lowest BCUT2D eigenvalue weighted by atomic mass is 9.99. The molecule has 0 N–H and O–H groups in total. The van der Waals surface area contributed by atoms with E-state index in [0.717, 1.165) is 16.2 Å². The number of ether oxygens (including phenoxy) is 2. The predicted molar refractivity (Wildman–Crippen MR) is 108 cm³/mol. The van der Waals surface area contributed by atoms with Crippen LogP contribution in [0.15, 0.2) is 40.8 Å². The first-order chi connectivity index (χ1) is 13.4. The van der Waals surface area contributed by atoms with Gasteiger partial charge < -0.3 is 14.4 Å². The number of hydrogen-bond donors (Lipinski definition) is 0. The lowest BCUT2D eigenvalue weighted by Crippen LogP contribution is -2.38. The number of hydrogen-bond acceptors (Lipinski definition) is 6. The second-order valence-corrected chi connectivity index (χ2v) is 7.41. The molecule has 0 saturated carbocycles. The van der Waals surface area contributed by atoms with Gasteiger partial charge in [0.05, 0.1) is 30.9 Å². The number of nitrogens with zero attached hydrogens (tertiary/aromatic N) is 3. The SMILES string of the molecule is COc1ccc(OC)c([C@@H]2CC(c3cccs3)=NN2C(=O)CN(C)C(C)=O)c1. The van der Waals surface area contributed by atoms with Crippen LogP contribution in [0.3, 0.4) is 0 Å². The number of carbonyl (C=O) groups is 2. The molecule has 0 bridgehead atoms. The molecule has 0 unspecified atom stereocenters. The van der Waals surface area contributed by atoms with E-state index in [1.165, 1.54) is 16.8 Å². The van der Waals surface area contributed by atoms with Crippen molar-refractivity contribution >= 4 is 28.9 Å². The van der Waals surface area contributed by atoms with Crippen LogP contribution in [0.2, 0.25) is 0 Å². The van der Waals surface area contributed by atoms with Crippen molar-refractivity contribution in [1.29, 1.82) is 0 Å². The molecule has 2 amide bonds. The number of likely N-dealkylation sites (N-methyl/N-ethyl adjacent to an activating group) is 1. The van der Waals surface area contributed by atoms with Crippen LogP contribution in [0.25, 0.3) is 0 Å². The zero-order valence-electron chi connectivity index (χ0n) is 16.3. The summed E-state index contributed by atoms with van der Waals surface area (Å²) in [7, 11) is 4.79. The number of carbonyl (C=O) groups excluding carboxylic acids is 2. The monoisotopic (exact) mass is 401 g/mol. The lowest BCUT2D eigenvalue weighted by molar-refractivity contribution is -0.139. The number of methoxy groups -OCH3 is 2. The van der Waals surface area contributed by atoms with Crippen LogP contribution >= 0.6 is 11.3 Å². The average molecular weight is 401 g/mol. The van der Waals surface area contributed by atoms with E-state index in [1.54, 1.807) is 32.6 Å². The van der Waals surface area contributed by atoms with Crippen LogP contribution in [-0.4, -0.2) is 55.2 Å².